The standard InChI is InChI=1S/C18H26N6S/c1-3-25-16-8-7-15(10-16)23-18(19-2)20-11-13-5-4-6-14(9-13)17-21-12-22-24-17/h4-6,9,12,15-16H,3,7-8,10-11H2,1-2H3,(H2,19,20,23)(H,21,22,24). The molecule has 0 radical (unpaired) electrons. The molecule has 3 N–H and O–H groups in total. The molecule has 25 heavy (non-hydrogen) atoms. The smallest absolute Gasteiger partial charge is 0.191 e. The van der Waals surface area contributed by atoms with Gasteiger partial charge < -0.3 is 10.6 Å². The number of aromatic nitrogens is 3. The van der Waals surface area contributed by atoms with Crippen molar-refractivity contribution in [2.24, 2.45) is 4.99 Å². The summed E-state index contributed by atoms with van der Waals surface area (Å²) in [5, 5.41) is 14.6. The summed E-state index contributed by atoms with van der Waals surface area (Å²) < 4.78 is 0. The molecule has 134 valence electrons. The summed E-state index contributed by atoms with van der Waals surface area (Å²) in [6.07, 6.45) is 5.27. The Morgan fingerprint density at radius 3 is 3.08 bits per heavy atom. The number of thioether (sulfide) groups is 1. The van der Waals surface area contributed by atoms with E-state index in [1.54, 1.807) is 0 Å². The van der Waals surface area contributed by atoms with Gasteiger partial charge in [-0.2, -0.15) is 16.9 Å². The molecule has 1 aromatic carbocycles. The van der Waals surface area contributed by atoms with Crippen molar-refractivity contribution in [2.45, 2.75) is 44.0 Å². The summed E-state index contributed by atoms with van der Waals surface area (Å²) in [6.45, 7) is 2.96. The molecule has 3 rings (SSSR count). The van der Waals surface area contributed by atoms with Crippen molar-refractivity contribution in [3.8, 4) is 11.4 Å². The van der Waals surface area contributed by atoms with Gasteiger partial charge in [-0.05, 0) is 36.6 Å². The Bertz CT molecular complexity index is 685. The fourth-order valence-corrected chi connectivity index (χ4v) is 4.35. The lowest BCUT2D eigenvalue weighted by atomic mass is 10.1. The highest BCUT2D eigenvalue weighted by Gasteiger charge is 2.25. The minimum Gasteiger partial charge on any atom is -0.354 e. The minimum absolute atomic E-state index is 0.524. The van der Waals surface area contributed by atoms with Crippen molar-refractivity contribution in [3.63, 3.8) is 0 Å². The average Bonchev–Trinajstić information content (AvgIpc) is 3.31. The Morgan fingerprint density at radius 2 is 2.32 bits per heavy atom. The number of guanidine groups is 1. The summed E-state index contributed by atoms with van der Waals surface area (Å²) in [5.41, 5.74) is 2.22. The van der Waals surface area contributed by atoms with Gasteiger partial charge in [-0.25, -0.2) is 4.98 Å². The van der Waals surface area contributed by atoms with Crippen LogP contribution in [0, 0.1) is 0 Å². The fourth-order valence-electron chi connectivity index (χ4n) is 3.21. The van der Waals surface area contributed by atoms with Gasteiger partial charge in [-0.1, -0.05) is 25.1 Å². The SMILES string of the molecule is CCSC1CCC(NC(=NC)NCc2cccc(-c3ncn[nH]3)c2)C1. The maximum atomic E-state index is 4.37. The van der Waals surface area contributed by atoms with Crippen molar-refractivity contribution in [3.05, 3.63) is 36.2 Å². The van der Waals surface area contributed by atoms with Crippen molar-refractivity contribution in [1.29, 1.82) is 0 Å². The third kappa shape index (κ3) is 4.98. The molecule has 1 aliphatic carbocycles. The Labute approximate surface area is 153 Å². The van der Waals surface area contributed by atoms with E-state index in [2.05, 4.69) is 61.6 Å². The van der Waals surface area contributed by atoms with Crippen molar-refractivity contribution >= 4 is 17.7 Å². The number of hydrogen-bond donors (Lipinski definition) is 3. The molecule has 0 aliphatic heterocycles. The van der Waals surface area contributed by atoms with E-state index in [1.807, 2.05) is 19.2 Å². The van der Waals surface area contributed by atoms with Gasteiger partial charge in [0.25, 0.3) is 0 Å². The molecule has 2 atom stereocenters. The first-order valence-electron chi connectivity index (χ1n) is 8.82. The molecular weight excluding hydrogens is 332 g/mol. The van der Waals surface area contributed by atoms with E-state index < -0.39 is 0 Å². The first-order chi connectivity index (χ1) is 12.3. The zero-order valence-electron chi connectivity index (χ0n) is 14.8. The van der Waals surface area contributed by atoms with Crippen LogP contribution in [0.1, 0.15) is 31.7 Å². The molecule has 1 saturated carbocycles. The van der Waals surface area contributed by atoms with Crippen molar-refractivity contribution < 1.29 is 0 Å². The van der Waals surface area contributed by atoms with Gasteiger partial charge in [-0.3, -0.25) is 10.1 Å². The fraction of sp³-hybridized carbons (Fsp3) is 0.500. The zero-order valence-corrected chi connectivity index (χ0v) is 15.6. The molecule has 0 saturated heterocycles. The molecule has 0 spiro atoms. The van der Waals surface area contributed by atoms with Gasteiger partial charge in [0.1, 0.15) is 6.33 Å². The second-order valence-corrected chi connectivity index (χ2v) is 7.77. The number of H-pyrrole nitrogens is 1. The maximum Gasteiger partial charge on any atom is 0.191 e. The van der Waals surface area contributed by atoms with Gasteiger partial charge in [0.15, 0.2) is 11.8 Å². The van der Waals surface area contributed by atoms with Crippen molar-refractivity contribution in [2.75, 3.05) is 12.8 Å². The molecule has 0 amide bonds. The maximum absolute atomic E-state index is 4.37. The zero-order chi connectivity index (χ0) is 17.5. The van der Waals surface area contributed by atoms with Crippen molar-refractivity contribution in [1.82, 2.24) is 25.8 Å². The van der Waals surface area contributed by atoms with Crippen LogP contribution >= 0.6 is 11.8 Å². The lowest BCUT2D eigenvalue weighted by molar-refractivity contribution is 0.614. The van der Waals surface area contributed by atoms with Crippen LogP contribution in [0.2, 0.25) is 0 Å². The van der Waals surface area contributed by atoms with Crippen LogP contribution in [0.3, 0.4) is 0 Å². The molecule has 7 heteroatoms. The second-order valence-electron chi connectivity index (χ2n) is 6.19. The van der Waals surface area contributed by atoms with Crippen LogP contribution < -0.4 is 10.6 Å². The molecule has 1 heterocycles. The number of nitrogens with one attached hydrogen (secondary N) is 3. The third-order valence-electron chi connectivity index (χ3n) is 4.43. The summed E-state index contributed by atoms with van der Waals surface area (Å²) in [6, 6.07) is 8.81. The van der Waals surface area contributed by atoms with E-state index in [0.717, 1.165) is 29.1 Å². The van der Waals surface area contributed by atoms with E-state index in [-0.39, 0.29) is 0 Å². The van der Waals surface area contributed by atoms with Gasteiger partial charge >= 0.3 is 0 Å². The van der Waals surface area contributed by atoms with Crippen LogP contribution in [0.4, 0.5) is 0 Å². The van der Waals surface area contributed by atoms with Crippen LogP contribution in [-0.4, -0.2) is 45.2 Å². The molecule has 1 aromatic heterocycles. The Balaban J connectivity index is 1.53. The van der Waals surface area contributed by atoms with E-state index in [1.165, 1.54) is 36.9 Å². The van der Waals surface area contributed by atoms with Crippen LogP contribution in [0.25, 0.3) is 11.4 Å². The molecular formula is C18H26N6S. The number of hydrogen-bond acceptors (Lipinski definition) is 4. The Hall–Kier alpha value is -2.02. The highest BCUT2D eigenvalue weighted by molar-refractivity contribution is 7.99. The summed E-state index contributed by atoms with van der Waals surface area (Å²) in [4.78, 5) is 8.57. The highest BCUT2D eigenvalue weighted by atomic mass is 32.2. The molecule has 1 aliphatic rings. The average molecular weight is 359 g/mol. The number of nitrogens with zero attached hydrogens (tertiary/aromatic N) is 3. The van der Waals surface area contributed by atoms with E-state index in [0.29, 0.717) is 6.04 Å². The van der Waals surface area contributed by atoms with E-state index >= 15 is 0 Å². The first kappa shape index (κ1) is 17.8. The predicted octanol–water partition coefficient (Wildman–Crippen LogP) is 2.81. The van der Waals surface area contributed by atoms with Crippen LogP contribution in [0.15, 0.2) is 35.6 Å². The Kier molecular flexibility index (Phi) is 6.33. The quantitative estimate of drug-likeness (QED) is 0.547. The molecule has 2 unspecified atom stereocenters. The summed E-state index contributed by atoms with van der Waals surface area (Å²) in [5.74, 6) is 2.86. The van der Waals surface area contributed by atoms with Gasteiger partial charge in [0, 0.05) is 30.4 Å². The first-order valence-corrected chi connectivity index (χ1v) is 9.86. The van der Waals surface area contributed by atoms with Gasteiger partial charge in [0.2, 0.25) is 0 Å². The lowest BCUT2D eigenvalue weighted by Gasteiger charge is -2.17. The highest BCUT2D eigenvalue weighted by Crippen LogP contribution is 2.29. The number of benzene rings is 1. The molecule has 0 bridgehead atoms. The van der Waals surface area contributed by atoms with E-state index in [9.17, 15) is 0 Å². The molecule has 2 aromatic rings. The third-order valence-corrected chi connectivity index (χ3v) is 5.66. The van der Waals surface area contributed by atoms with Gasteiger partial charge in [-0.15, -0.1) is 0 Å². The predicted molar refractivity (Wildman–Crippen MR) is 105 cm³/mol. The summed E-state index contributed by atoms with van der Waals surface area (Å²) in [7, 11) is 1.83. The van der Waals surface area contributed by atoms with Gasteiger partial charge in [0.05, 0.1) is 0 Å². The Morgan fingerprint density at radius 1 is 1.40 bits per heavy atom. The van der Waals surface area contributed by atoms with Crippen LogP contribution in [-0.2, 0) is 6.54 Å². The van der Waals surface area contributed by atoms with Crippen LogP contribution in [0.5, 0.6) is 0 Å². The topological polar surface area (TPSA) is 78.0 Å². The molecule has 1 fully saturated rings. The number of aliphatic imine (C=N–C) groups is 1. The monoisotopic (exact) mass is 358 g/mol. The number of rotatable bonds is 6. The summed E-state index contributed by atoms with van der Waals surface area (Å²) >= 11 is 2.07. The normalized spacial score (nSPS) is 20.6. The second kappa shape index (κ2) is 8.89. The minimum atomic E-state index is 0.524. The number of aromatic amines is 1. The lowest BCUT2D eigenvalue weighted by Crippen LogP contribution is -2.42. The van der Waals surface area contributed by atoms with E-state index in [4.69, 9.17) is 0 Å². The molecule has 6 nitrogen and oxygen atoms in total. The largest absolute Gasteiger partial charge is 0.354 e.